The van der Waals surface area contributed by atoms with Gasteiger partial charge in [-0.25, -0.2) is 9.78 Å². The molecule has 1 saturated heterocycles. The van der Waals surface area contributed by atoms with Crippen LogP contribution in [0.25, 0.3) is 0 Å². The van der Waals surface area contributed by atoms with Gasteiger partial charge in [0.1, 0.15) is 30.2 Å². The summed E-state index contributed by atoms with van der Waals surface area (Å²) in [6, 6.07) is 0. The topological polar surface area (TPSA) is 160 Å². The van der Waals surface area contributed by atoms with Gasteiger partial charge in [0.25, 0.3) is 0 Å². The van der Waals surface area contributed by atoms with E-state index < -0.39 is 43.0 Å². The first kappa shape index (κ1) is 16.8. The molecule has 6 N–H and O–H groups in total. The number of nitrogens with two attached hydrogens (primary N) is 1. The molecule has 0 amide bonds. The van der Waals surface area contributed by atoms with E-state index in [1.165, 1.54) is 13.3 Å². The van der Waals surface area contributed by atoms with Crippen molar-refractivity contribution in [2.75, 3.05) is 19.5 Å². The first-order valence-corrected chi connectivity index (χ1v) is 6.58. The molecule has 124 valence electrons. The molecule has 0 saturated carbocycles. The number of nitrogens with zero attached hydrogens (tertiary/aromatic N) is 1. The second-order valence-corrected chi connectivity index (χ2v) is 4.85. The standard InChI is InChI=1S/C12H19N3O7/c1-20-9-6(3-16)22-11(8(18)7(9)17)21-4-5-2-14-12(19)15-10(5)13/h2,6-9,11,16-18H,3-4H2,1H3,(H3,13,14,15,19). The van der Waals surface area contributed by atoms with E-state index in [4.69, 9.17) is 19.9 Å². The van der Waals surface area contributed by atoms with Crippen molar-refractivity contribution < 1.29 is 29.5 Å². The monoisotopic (exact) mass is 317 g/mol. The highest BCUT2D eigenvalue weighted by Gasteiger charge is 2.45. The minimum atomic E-state index is -1.37. The molecular formula is C12H19N3O7. The van der Waals surface area contributed by atoms with Crippen molar-refractivity contribution in [2.45, 2.75) is 37.3 Å². The highest BCUT2D eigenvalue weighted by atomic mass is 16.7. The van der Waals surface area contributed by atoms with Crippen LogP contribution in [0.1, 0.15) is 5.56 Å². The molecule has 5 atom stereocenters. The summed E-state index contributed by atoms with van der Waals surface area (Å²) in [4.78, 5) is 16.8. The van der Waals surface area contributed by atoms with Gasteiger partial charge in [-0.2, -0.15) is 0 Å². The summed E-state index contributed by atoms with van der Waals surface area (Å²) < 4.78 is 15.7. The normalized spacial score (nSPS) is 32.1. The fraction of sp³-hybridized carbons (Fsp3) is 0.667. The summed E-state index contributed by atoms with van der Waals surface area (Å²) in [6.45, 7) is -0.523. The van der Waals surface area contributed by atoms with E-state index in [0.717, 1.165) is 0 Å². The van der Waals surface area contributed by atoms with Crippen molar-refractivity contribution in [2.24, 2.45) is 0 Å². The number of hydrogen-bond donors (Lipinski definition) is 5. The number of aromatic amines is 1. The smallest absolute Gasteiger partial charge is 0.346 e. The van der Waals surface area contributed by atoms with E-state index in [-0.39, 0.29) is 12.4 Å². The van der Waals surface area contributed by atoms with Crippen molar-refractivity contribution >= 4 is 5.82 Å². The maximum absolute atomic E-state index is 11.0. The summed E-state index contributed by atoms with van der Waals surface area (Å²) in [5, 5.41) is 29.2. The predicted octanol–water partition coefficient (Wildman–Crippen LogP) is -2.68. The van der Waals surface area contributed by atoms with Crippen LogP contribution in [0.4, 0.5) is 5.82 Å². The van der Waals surface area contributed by atoms with Crippen LogP contribution in [0.3, 0.4) is 0 Å². The van der Waals surface area contributed by atoms with E-state index in [0.29, 0.717) is 5.56 Å². The Bertz CT molecular complexity index is 550. The summed E-state index contributed by atoms with van der Waals surface area (Å²) in [5.41, 5.74) is 5.41. The zero-order chi connectivity index (χ0) is 16.3. The molecular weight excluding hydrogens is 298 g/mol. The molecule has 10 nitrogen and oxygen atoms in total. The van der Waals surface area contributed by atoms with E-state index in [9.17, 15) is 20.1 Å². The number of rotatable bonds is 5. The van der Waals surface area contributed by atoms with Gasteiger partial charge in [-0.05, 0) is 0 Å². The number of H-pyrrole nitrogens is 1. The van der Waals surface area contributed by atoms with Crippen molar-refractivity contribution in [1.29, 1.82) is 0 Å². The van der Waals surface area contributed by atoms with Crippen LogP contribution in [0, 0.1) is 0 Å². The molecule has 1 aliphatic heterocycles. The third-order valence-corrected chi connectivity index (χ3v) is 3.42. The Morgan fingerprint density at radius 3 is 2.77 bits per heavy atom. The second kappa shape index (κ2) is 7.13. The number of aliphatic hydroxyl groups excluding tert-OH is 3. The maximum Gasteiger partial charge on any atom is 0.346 e. The largest absolute Gasteiger partial charge is 0.394 e. The van der Waals surface area contributed by atoms with Gasteiger partial charge in [0.2, 0.25) is 0 Å². The number of nitrogens with one attached hydrogen (secondary N) is 1. The Morgan fingerprint density at radius 1 is 1.45 bits per heavy atom. The van der Waals surface area contributed by atoms with Crippen molar-refractivity contribution in [3.8, 4) is 0 Å². The zero-order valence-electron chi connectivity index (χ0n) is 11.9. The van der Waals surface area contributed by atoms with E-state index in [1.54, 1.807) is 0 Å². The first-order valence-electron chi connectivity index (χ1n) is 6.58. The van der Waals surface area contributed by atoms with Crippen molar-refractivity contribution in [1.82, 2.24) is 9.97 Å². The lowest BCUT2D eigenvalue weighted by molar-refractivity contribution is -0.307. The fourth-order valence-corrected chi connectivity index (χ4v) is 2.20. The quantitative estimate of drug-likeness (QED) is 0.390. The fourth-order valence-electron chi connectivity index (χ4n) is 2.20. The molecule has 1 aliphatic rings. The Balaban J connectivity index is 2.04. The summed E-state index contributed by atoms with van der Waals surface area (Å²) in [5.74, 6) is 0.0827. The first-order chi connectivity index (χ1) is 10.5. The van der Waals surface area contributed by atoms with Crippen LogP contribution in [-0.4, -0.2) is 69.7 Å². The van der Waals surface area contributed by atoms with Gasteiger partial charge in [0, 0.05) is 18.9 Å². The minimum Gasteiger partial charge on any atom is -0.394 e. The second-order valence-electron chi connectivity index (χ2n) is 4.85. The lowest BCUT2D eigenvalue weighted by Crippen LogP contribution is -2.59. The number of aliphatic hydroxyl groups is 3. The van der Waals surface area contributed by atoms with Crippen LogP contribution < -0.4 is 11.4 Å². The number of hydrogen-bond acceptors (Lipinski definition) is 9. The van der Waals surface area contributed by atoms with Gasteiger partial charge < -0.3 is 35.3 Å². The summed E-state index contributed by atoms with van der Waals surface area (Å²) in [7, 11) is 1.33. The van der Waals surface area contributed by atoms with Gasteiger partial charge >= 0.3 is 5.69 Å². The zero-order valence-corrected chi connectivity index (χ0v) is 11.9. The van der Waals surface area contributed by atoms with Crippen LogP contribution >= 0.6 is 0 Å². The number of ether oxygens (including phenoxy) is 3. The third kappa shape index (κ3) is 3.43. The van der Waals surface area contributed by atoms with E-state index >= 15 is 0 Å². The van der Waals surface area contributed by atoms with E-state index in [2.05, 4.69) is 9.97 Å². The Hall–Kier alpha value is -1.56. The number of nitrogen functional groups attached to an aromatic ring is 1. The SMILES string of the molecule is COC1C(CO)OC(OCc2cnc(=O)[nH]c2N)C(O)C1O. The molecule has 0 radical (unpaired) electrons. The van der Waals surface area contributed by atoms with Gasteiger partial charge in [0.05, 0.1) is 13.2 Å². The lowest BCUT2D eigenvalue weighted by atomic mass is 9.99. The molecule has 2 heterocycles. The third-order valence-electron chi connectivity index (χ3n) is 3.42. The summed E-state index contributed by atoms with van der Waals surface area (Å²) in [6.07, 6.45) is -4.33. The molecule has 5 unspecified atom stereocenters. The average Bonchev–Trinajstić information content (AvgIpc) is 2.50. The highest BCUT2D eigenvalue weighted by molar-refractivity contribution is 5.35. The molecule has 0 aromatic carbocycles. The van der Waals surface area contributed by atoms with Crippen LogP contribution in [0.2, 0.25) is 0 Å². The van der Waals surface area contributed by atoms with Crippen LogP contribution in [0.15, 0.2) is 11.0 Å². The number of aromatic nitrogens is 2. The average molecular weight is 317 g/mol. The molecule has 1 aromatic heterocycles. The van der Waals surface area contributed by atoms with Gasteiger partial charge in [-0.3, -0.25) is 4.98 Å². The van der Waals surface area contributed by atoms with Crippen LogP contribution in [0.5, 0.6) is 0 Å². The van der Waals surface area contributed by atoms with E-state index in [1.807, 2.05) is 0 Å². The molecule has 0 aliphatic carbocycles. The molecule has 2 rings (SSSR count). The van der Waals surface area contributed by atoms with Gasteiger partial charge in [0.15, 0.2) is 6.29 Å². The highest BCUT2D eigenvalue weighted by Crippen LogP contribution is 2.24. The van der Waals surface area contributed by atoms with Gasteiger partial charge in [-0.1, -0.05) is 0 Å². The summed E-state index contributed by atoms with van der Waals surface area (Å²) >= 11 is 0. The van der Waals surface area contributed by atoms with Gasteiger partial charge in [-0.15, -0.1) is 0 Å². The number of methoxy groups -OCH3 is 1. The molecule has 1 aromatic rings. The van der Waals surface area contributed by atoms with Crippen molar-refractivity contribution in [3.63, 3.8) is 0 Å². The molecule has 0 bridgehead atoms. The predicted molar refractivity (Wildman–Crippen MR) is 72.6 cm³/mol. The Morgan fingerprint density at radius 2 is 2.18 bits per heavy atom. The lowest BCUT2D eigenvalue weighted by Gasteiger charge is -2.41. The number of anilines is 1. The molecule has 1 fully saturated rings. The molecule has 22 heavy (non-hydrogen) atoms. The maximum atomic E-state index is 11.0. The Labute approximate surface area is 125 Å². The van der Waals surface area contributed by atoms with Crippen molar-refractivity contribution in [3.05, 3.63) is 22.2 Å². The van der Waals surface area contributed by atoms with Crippen LogP contribution in [-0.2, 0) is 20.8 Å². The molecule has 10 heteroatoms. The Kier molecular flexibility index (Phi) is 5.45. The minimum absolute atomic E-state index is 0.0827. The molecule has 0 spiro atoms.